The van der Waals surface area contributed by atoms with Gasteiger partial charge in [-0.1, -0.05) is 182 Å². The van der Waals surface area contributed by atoms with Gasteiger partial charge in [0.1, 0.15) is 11.2 Å². The summed E-state index contributed by atoms with van der Waals surface area (Å²) in [6, 6.07) is 69.3. The van der Waals surface area contributed by atoms with E-state index in [9.17, 15) is 0 Å². The Hall–Kier alpha value is -7.43. The maximum absolute atomic E-state index is 6.23. The van der Waals surface area contributed by atoms with Crippen molar-refractivity contribution < 1.29 is 4.42 Å². The largest absolute Gasteiger partial charge is 0.456 e. The first kappa shape index (κ1) is 32.2. The van der Waals surface area contributed by atoms with E-state index in [-0.39, 0.29) is 0 Å². The minimum atomic E-state index is 0.606. The molecular weight excluding hydrogens is 671 g/mol. The van der Waals surface area contributed by atoms with Crippen LogP contribution in [0.3, 0.4) is 0 Å². The lowest BCUT2D eigenvalue weighted by Gasteiger charge is -2.13. The lowest BCUT2D eigenvalue weighted by atomic mass is 9.97. The summed E-state index contributed by atoms with van der Waals surface area (Å²) in [7, 11) is 0. The fourth-order valence-electron chi connectivity index (χ4n) is 7.44. The summed E-state index contributed by atoms with van der Waals surface area (Å²) in [5.41, 5.74) is 13.5. The summed E-state index contributed by atoms with van der Waals surface area (Å²) in [6.45, 7) is 0. The predicted octanol–water partition coefficient (Wildman–Crippen LogP) is 13.4. The number of benzene rings is 8. The van der Waals surface area contributed by atoms with Gasteiger partial charge in [0.15, 0.2) is 17.5 Å². The van der Waals surface area contributed by atoms with E-state index in [0.717, 1.165) is 72.0 Å². The van der Waals surface area contributed by atoms with E-state index in [1.54, 1.807) is 0 Å². The second-order valence-electron chi connectivity index (χ2n) is 13.6. The minimum absolute atomic E-state index is 0.606. The van der Waals surface area contributed by atoms with Gasteiger partial charge in [-0.3, -0.25) is 0 Å². The number of hydrogen-bond donors (Lipinski definition) is 0. The van der Waals surface area contributed by atoms with E-state index in [4.69, 9.17) is 19.4 Å². The molecule has 2 heterocycles. The number of hydrogen-bond acceptors (Lipinski definition) is 4. The zero-order valence-electron chi connectivity index (χ0n) is 29.8. The molecule has 0 aliphatic carbocycles. The molecule has 0 aliphatic rings. The second-order valence-corrected chi connectivity index (χ2v) is 13.6. The van der Waals surface area contributed by atoms with Crippen molar-refractivity contribution in [3.05, 3.63) is 200 Å². The quantitative estimate of drug-likeness (QED) is 0.166. The molecule has 55 heavy (non-hydrogen) atoms. The summed E-state index contributed by atoms with van der Waals surface area (Å²) in [4.78, 5) is 15.5. The van der Waals surface area contributed by atoms with Gasteiger partial charge in [0.05, 0.1) is 0 Å². The topological polar surface area (TPSA) is 51.8 Å². The summed E-state index contributed by atoms with van der Waals surface area (Å²) in [6.07, 6.45) is 0. The molecule has 0 fully saturated rings. The van der Waals surface area contributed by atoms with Gasteiger partial charge < -0.3 is 4.42 Å². The number of aromatic nitrogens is 3. The SMILES string of the molecule is c1ccc(-c2ccc(-c3ccc(-c4nc(-c5cccc(-c6cccc7oc8ccccc8c67)c5)nc(-c5ccccc5-c5ccccc5)n4)cc3)cc2)cc1. The Morgan fingerprint density at radius 1 is 0.273 bits per heavy atom. The van der Waals surface area contributed by atoms with Crippen LogP contribution in [0.5, 0.6) is 0 Å². The third-order valence-corrected chi connectivity index (χ3v) is 10.2. The number of nitrogens with zero attached hydrogens (tertiary/aromatic N) is 3. The van der Waals surface area contributed by atoms with Gasteiger partial charge >= 0.3 is 0 Å². The molecule has 4 nitrogen and oxygen atoms in total. The first-order chi connectivity index (χ1) is 27.2. The lowest BCUT2D eigenvalue weighted by molar-refractivity contribution is 0.669. The molecule has 10 aromatic rings. The van der Waals surface area contributed by atoms with Crippen LogP contribution in [0.25, 0.3) is 101 Å². The van der Waals surface area contributed by atoms with Crippen LogP contribution >= 0.6 is 0 Å². The molecule has 0 N–H and O–H groups in total. The highest BCUT2D eigenvalue weighted by Gasteiger charge is 2.17. The molecule has 0 saturated heterocycles. The van der Waals surface area contributed by atoms with Gasteiger partial charge in [0, 0.05) is 27.5 Å². The van der Waals surface area contributed by atoms with E-state index in [1.807, 2.05) is 42.5 Å². The molecule has 0 bridgehead atoms. The van der Waals surface area contributed by atoms with Crippen LogP contribution < -0.4 is 0 Å². The van der Waals surface area contributed by atoms with Crippen LogP contribution in [-0.4, -0.2) is 15.0 Å². The average molecular weight is 704 g/mol. The van der Waals surface area contributed by atoms with Crippen LogP contribution in [-0.2, 0) is 0 Å². The Bertz CT molecular complexity index is 2950. The van der Waals surface area contributed by atoms with E-state index >= 15 is 0 Å². The van der Waals surface area contributed by atoms with Crippen molar-refractivity contribution in [2.45, 2.75) is 0 Å². The predicted molar refractivity (Wildman–Crippen MR) is 225 cm³/mol. The standard InChI is InChI=1S/C51H33N3O/c1-3-13-34(14-4-1)35-25-27-36(28-26-35)37-29-31-39(32-30-37)49-52-50(54-51(53-49)44-20-8-7-19-42(44)38-15-5-2-6-16-38)41-18-11-17-40(33-41)43-22-12-24-47-48(43)45-21-9-10-23-46(45)55-47/h1-33H. The van der Waals surface area contributed by atoms with E-state index in [1.165, 1.54) is 11.1 Å². The first-order valence-corrected chi connectivity index (χ1v) is 18.4. The van der Waals surface area contributed by atoms with Crippen LogP contribution in [0.4, 0.5) is 0 Å². The zero-order chi connectivity index (χ0) is 36.6. The Morgan fingerprint density at radius 3 is 1.44 bits per heavy atom. The fraction of sp³-hybridized carbons (Fsp3) is 0. The maximum atomic E-state index is 6.23. The maximum Gasteiger partial charge on any atom is 0.164 e. The van der Waals surface area contributed by atoms with Crippen molar-refractivity contribution in [2.24, 2.45) is 0 Å². The van der Waals surface area contributed by atoms with Crippen molar-refractivity contribution >= 4 is 21.9 Å². The summed E-state index contributed by atoms with van der Waals surface area (Å²) >= 11 is 0. The van der Waals surface area contributed by atoms with Gasteiger partial charge in [0.2, 0.25) is 0 Å². The van der Waals surface area contributed by atoms with Crippen molar-refractivity contribution in [3.63, 3.8) is 0 Å². The smallest absolute Gasteiger partial charge is 0.164 e. The molecular formula is C51H33N3O. The lowest BCUT2D eigenvalue weighted by Crippen LogP contribution is -2.01. The van der Waals surface area contributed by atoms with Crippen LogP contribution in [0.15, 0.2) is 205 Å². The first-order valence-electron chi connectivity index (χ1n) is 18.4. The Morgan fingerprint density at radius 2 is 0.727 bits per heavy atom. The molecule has 0 unspecified atom stereocenters. The molecule has 258 valence electrons. The van der Waals surface area contributed by atoms with E-state index < -0.39 is 0 Å². The van der Waals surface area contributed by atoms with Gasteiger partial charge in [-0.15, -0.1) is 0 Å². The third-order valence-electron chi connectivity index (χ3n) is 10.2. The molecule has 0 saturated carbocycles. The molecule has 0 atom stereocenters. The molecule has 0 radical (unpaired) electrons. The second kappa shape index (κ2) is 13.8. The molecule has 8 aromatic carbocycles. The number of furan rings is 1. The Balaban J connectivity index is 1.08. The Kier molecular flexibility index (Phi) is 8.12. The molecule has 0 amide bonds. The van der Waals surface area contributed by atoms with Crippen LogP contribution in [0, 0.1) is 0 Å². The highest BCUT2D eigenvalue weighted by atomic mass is 16.3. The van der Waals surface area contributed by atoms with E-state index in [0.29, 0.717) is 17.5 Å². The third kappa shape index (κ3) is 6.16. The number of rotatable bonds is 7. The molecule has 4 heteroatoms. The Labute approximate surface area is 319 Å². The van der Waals surface area contributed by atoms with E-state index in [2.05, 4.69) is 158 Å². The average Bonchev–Trinajstić information content (AvgIpc) is 3.66. The van der Waals surface area contributed by atoms with Gasteiger partial charge in [0.25, 0.3) is 0 Å². The normalized spacial score (nSPS) is 11.3. The van der Waals surface area contributed by atoms with Gasteiger partial charge in [-0.05, 0) is 62.7 Å². The summed E-state index contributed by atoms with van der Waals surface area (Å²) in [5, 5.41) is 2.19. The van der Waals surface area contributed by atoms with Crippen molar-refractivity contribution in [3.8, 4) is 78.7 Å². The molecule has 0 aliphatic heterocycles. The summed E-state index contributed by atoms with van der Waals surface area (Å²) < 4.78 is 6.23. The molecule has 2 aromatic heterocycles. The van der Waals surface area contributed by atoms with Gasteiger partial charge in [-0.25, -0.2) is 15.0 Å². The highest BCUT2D eigenvalue weighted by molar-refractivity contribution is 6.12. The molecule has 10 rings (SSSR count). The number of para-hydroxylation sites is 1. The fourth-order valence-corrected chi connectivity index (χ4v) is 7.44. The van der Waals surface area contributed by atoms with Crippen LogP contribution in [0.2, 0.25) is 0 Å². The highest BCUT2D eigenvalue weighted by Crippen LogP contribution is 2.38. The van der Waals surface area contributed by atoms with Crippen molar-refractivity contribution in [1.29, 1.82) is 0 Å². The molecule has 0 spiro atoms. The number of fused-ring (bicyclic) bond motifs is 3. The summed E-state index contributed by atoms with van der Waals surface area (Å²) in [5.74, 6) is 1.84. The van der Waals surface area contributed by atoms with Crippen LogP contribution in [0.1, 0.15) is 0 Å². The van der Waals surface area contributed by atoms with Gasteiger partial charge in [-0.2, -0.15) is 0 Å². The van der Waals surface area contributed by atoms with Crippen molar-refractivity contribution in [1.82, 2.24) is 15.0 Å². The monoisotopic (exact) mass is 703 g/mol. The minimum Gasteiger partial charge on any atom is -0.456 e. The van der Waals surface area contributed by atoms with Crippen molar-refractivity contribution in [2.75, 3.05) is 0 Å². The zero-order valence-corrected chi connectivity index (χ0v) is 29.8.